The Morgan fingerprint density at radius 3 is 2.33 bits per heavy atom. The molecule has 2 aromatic carbocycles. The minimum Gasteiger partial charge on any atom is -0.477 e. The summed E-state index contributed by atoms with van der Waals surface area (Å²) in [5.41, 5.74) is -4.92. The van der Waals surface area contributed by atoms with Gasteiger partial charge in [0.2, 0.25) is 5.91 Å². The van der Waals surface area contributed by atoms with Crippen LogP contribution < -0.4 is 9.64 Å². The summed E-state index contributed by atoms with van der Waals surface area (Å²) in [7, 11) is 26.2. The first-order valence-electron chi connectivity index (χ1n) is 20.3. The van der Waals surface area contributed by atoms with Crippen molar-refractivity contribution >= 4 is 75.4 Å². The van der Waals surface area contributed by atoms with E-state index in [0.29, 0.717) is 17.7 Å². The molecule has 1 aliphatic rings. The van der Waals surface area contributed by atoms with E-state index in [-0.39, 0.29) is 83.0 Å². The summed E-state index contributed by atoms with van der Waals surface area (Å²) in [5.74, 6) is -3.14. The number of amides is 1. The molecule has 4 atom stereocenters. The Kier molecular flexibility index (Phi) is 14.1. The van der Waals surface area contributed by atoms with Crippen LogP contribution in [-0.4, -0.2) is 88.9 Å². The van der Waals surface area contributed by atoms with Gasteiger partial charge in [-0.15, -0.1) is 11.3 Å². The van der Waals surface area contributed by atoms with Crippen LogP contribution in [0.4, 0.5) is 32.2 Å². The van der Waals surface area contributed by atoms with E-state index in [1.54, 1.807) is 51.3 Å². The minimum absolute atomic E-state index is 0.0225. The number of aromatic nitrogens is 2. The maximum atomic E-state index is 17.7. The molecule has 0 bridgehead atoms. The predicted molar refractivity (Wildman–Crippen MR) is 233 cm³/mol. The number of hydrogen-bond acceptors (Lipinski definition) is 7. The van der Waals surface area contributed by atoms with Crippen molar-refractivity contribution in [2.45, 2.75) is 128 Å². The lowest BCUT2D eigenvalue weighted by atomic mass is 9.44. The average Bonchev–Trinajstić information content (AvgIpc) is 3.58. The second kappa shape index (κ2) is 17.9. The number of fused-ring (bicyclic) bond motifs is 2. The molecule has 4 aromatic rings. The van der Waals surface area contributed by atoms with E-state index < -0.39 is 74.7 Å². The number of halogens is 6. The van der Waals surface area contributed by atoms with Crippen LogP contribution in [0.1, 0.15) is 109 Å². The quantitative estimate of drug-likeness (QED) is 0.0673. The number of ether oxygens (including phenoxy) is 1. The molecule has 0 saturated carbocycles. The lowest BCUT2D eigenvalue weighted by molar-refractivity contribution is -0.137. The molecular weight excluding hydrogens is 808 g/mol. The molecule has 0 spiro atoms. The molecule has 1 saturated heterocycles. The van der Waals surface area contributed by atoms with E-state index in [0.717, 1.165) is 35.6 Å². The Morgan fingerprint density at radius 1 is 1.08 bits per heavy atom. The van der Waals surface area contributed by atoms with Crippen LogP contribution >= 0.6 is 11.3 Å². The SMILES string of the molecule is [B]C([B])(CCC)CCC(C)(CC(F)CC)C([B])([B])Oc1nc(N2CC(C)N(C(=O)C=C)CC2C)c2cc(C(F)(F)F)c(-c3ccc(F)c4sc(C(C)C)c(C#N)c34)c(F)c2n1. The number of nitriles is 1. The summed E-state index contributed by atoms with van der Waals surface area (Å²) >= 11 is 0.907. The van der Waals surface area contributed by atoms with Gasteiger partial charge < -0.3 is 14.5 Å². The third-order valence-corrected chi connectivity index (χ3v) is 13.3. The number of nitrogens with zero attached hydrogens (tertiary/aromatic N) is 5. The molecule has 7 nitrogen and oxygen atoms in total. The Morgan fingerprint density at radius 2 is 1.75 bits per heavy atom. The van der Waals surface area contributed by atoms with Gasteiger partial charge in [-0.3, -0.25) is 4.79 Å². The number of rotatable bonds is 15. The van der Waals surface area contributed by atoms with Crippen molar-refractivity contribution in [3.8, 4) is 23.2 Å². The topological polar surface area (TPSA) is 82.4 Å². The molecule has 18 heteroatoms. The lowest BCUT2D eigenvalue weighted by Gasteiger charge is -2.47. The van der Waals surface area contributed by atoms with Crippen LogP contribution in [0.5, 0.6) is 6.01 Å². The number of thiophene rings is 1. The van der Waals surface area contributed by atoms with E-state index in [1.165, 1.54) is 0 Å². The molecule has 8 radical (unpaired) electrons. The number of carbonyl (C=O) groups is 1. The number of hydrogen-bond donors (Lipinski definition) is 0. The van der Waals surface area contributed by atoms with E-state index in [9.17, 15) is 10.1 Å². The highest BCUT2D eigenvalue weighted by molar-refractivity contribution is 7.19. The highest BCUT2D eigenvalue weighted by Gasteiger charge is 2.45. The van der Waals surface area contributed by atoms with Gasteiger partial charge in [0.05, 0.1) is 31.5 Å². The van der Waals surface area contributed by atoms with Crippen LogP contribution in [-0.2, 0) is 11.0 Å². The van der Waals surface area contributed by atoms with Gasteiger partial charge >= 0.3 is 12.2 Å². The number of anilines is 1. The molecule has 316 valence electrons. The van der Waals surface area contributed by atoms with Crippen LogP contribution in [0.3, 0.4) is 0 Å². The zero-order valence-corrected chi connectivity index (χ0v) is 36.3. The van der Waals surface area contributed by atoms with E-state index >= 15 is 26.3 Å². The van der Waals surface area contributed by atoms with Gasteiger partial charge in [0, 0.05) is 51.8 Å². The first-order valence-corrected chi connectivity index (χ1v) is 21.1. The van der Waals surface area contributed by atoms with Crippen molar-refractivity contribution in [1.29, 1.82) is 5.26 Å². The van der Waals surface area contributed by atoms with E-state index in [4.69, 9.17) is 36.1 Å². The van der Waals surface area contributed by atoms with Gasteiger partial charge in [-0.05, 0) is 68.2 Å². The molecule has 61 heavy (non-hydrogen) atoms. The fraction of sp³-hybridized carbons (Fsp3) is 0.535. The first kappa shape index (κ1) is 47.9. The highest BCUT2D eigenvalue weighted by atomic mass is 32.1. The van der Waals surface area contributed by atoms with Crippen LogP contribution in [0.2, 0.25) is 5.21 Å². The molecule has 0 N–H and O–H groups in total. The van der Waals surface area contributed by atoms with Gasteiger partial charge in [-0.2, -0.15) is 28.4 Å². The third kappa shape index (κ3) is 9.47. The number of alkyl halides is 4. The standard InChI is InChI=1S/C43H47B4F6N5O2S/c1-9-14-41(44,45)16-15-40(8,18-25(48)10-2)43(46,47)60-39-55-35-27(38(56-39)58-21-23(6)57(20-24(58)7)31(59)11-3)17-29(42(51,52)53)33(34(35)50)26-12-13-30(49)37-32(26)28(19-54)36(61-37)22(4)5/h11-13,17,22-25H,3,9-10,14-16,18,20-21H2,1-2,4-8H3. The van der Waals surface area contributed by atoms with E-state index in [2.05, 4.69) is 16.5 Å². The average molecular weight is 855 g/mol. The zero-order chi connectivity index (χ0) is 45.6. The third-order valence-electron chi connectivity index (χ3n) is 11.8. The molecule has 3 heterocycles. The Bertz CT molecular complexity index is 2350. The fourth-order valence-corrected chi connectivity index (χ4v) is 9.35. The van der Waals surface area contributed by atoms with Gasteiger partial charge in [0.15, 0.2) is 5.82 Å². The van der Waals surface area contributed by atoms with Crippen LogP contribution in [0.15, 0.2) is 30.9 Å². The minimum atomic E-state index is -5.19. The van der Waals surface area contributed by atoms with Gasteiger partial charge in [0.25, 0.3) is 0 Å². The maximum absolute atomic E-state index is 17.7. The van der Waals surface area contributed by atoms with Crippen molar-refractivity contribution in [1.82, 2.24) is 14.9 Å². The second-order valence-electron chi connectivity index (χ2n) is 16.9. The highest BCUT2D eigenvalue weighted by Crippen LogP contribution is 2.50. The molecule has 1 aliphatic heterocycles. The summed E-state index contributed by atoms with van der Waals surface area (Å²) in [5, 5.41) is 6.25. The normalized spacial score (nSPS) is 18.0. The smallest absolute Gasteiger partial charge is 0.417 e. The molecule has 0 aliphatic carbocycles. The van der Waals surface area contributed by atoms with Crippen LogP contribution in [0, 0.1) is 28.4 Å². The largest absolute Gasteiger partial charge is 0.477 e. The second-order valence-corrected chi connectivity index (χ2v) is 18.0. The summed E-state index contributed by atoms with van der Waals surface area (Å²) in [6.45, 7) is 15.7. The molecule has 1 fully saturated rings. The Balaban J connectivity index is 1.84. The zero-order valence-electron chi connectivity index (χ0n) is 35.5. The van der Waals surface area contributed by atoms with Gasteiger partial charge in [-0.25, -0.2) is 13.2 Å². The van der Waals surface area contributed by atoms with Crippen molar-refractivity contribution in [2.75, 3.05) is 18.0 Å². The molecule has 5 rings (SSSR count). The maximum Gasteiger partial charge on any atom is 0.417 e. The summed E-state index contributed by atoms with van der Waals surface area (Å²) in [6, 6.07) is 2.90. The van der Waals surface area contributed by atoms with Crippen molar-refractivity contribution in [3.05, 3.63) is 58.5 Å². The number of piperazine rings is 1. The molecule has 4 unspecified atom stereocenters. The first-order chi connectivity index (χ1) is 28.3. The summed E-state index contributed by atoms with van der Waals surface area (Å²) < 4.78 is 101. The van der Waals surface area contributed by atoms with Crippen molar-refractivity contribution in [2.24, 2.45) is 5.41 Å². The predicted octanol–water partition coefficient (Wildman–Crippen LogP) is 9.96. The number of benzene rings is 2. The summed E-state index contributed by atoms with van der Waals surface area (Å²) in [6.07, 6.45) is -4.25. The molecular formula is C43H47B4F6N5O2S. The lowest BCUT2D eigenvalue weighted by Crippen LogP contribution is -2.58. The van der Waals surface area contributed by atoms with Gasteiger partial charge in [0.1, 0.15) is 45.1 Å². The number of carbonyl (C=O) groups excluding carboxylic acids is 1. The van der Waals surface area contributed by atoms with Crippen molar-refractivity contribution in [3.63, 3.8) is 0 Å². The van der Waals surface area contributed by atoms with Gasteiger partial charge in [-0.1, -0.05) is 71.7 Å². The molecule has 2 aromatic heterocycles. The van der Waals surface area contributed by atoms with E-state index in [1.807, 2.05) is 13.0 Å². The van der Waals surface area contributed by atoms with Crippen LogP contribution in [0.25, 0.3) is 32.1 Å². The van der Waals surface area contributed by atoms with Crippen molar-refractivity contribution < 1.29 is 35.9 Å². The molecule has 1 amide bonds. The fourth-order valence-electron chi connectivity index (χ4n) is 8.17. The monoisotopic (exact) mass is 855 g/mol. The Labute approximate surface area is 363 Å². The summed E-state index contributed by atoms with van der Waals surface area (Å²) in [4.78, 5) is 25.2. The Hall–Kier alpha value is -4.12.